The second-order valence-electron chi connectivity index (χ2n) is 4.44. The number of hydrogen-bond acceptors (Lipinski definition) is 3. The maximum Gasteiger partial charge on any atom is 0.0841 e. The number of ether oxygens (including phenoxy) is 2. The van der Waals surface area contributed by atoms with Crippen LogP contribution in [0.15, 0.2) is 10.6 Å². The van der Waals surface area contributed by atoms with Crippen LogP contribution in [0.25, 0.3) is 0 Å². The van der Waals surface area contributed by atoms with E-state index < -0.39 is 0 Å². The van der Waals surface area contributed by atoms with E-state index in [0.29, 0.717) is 18.2 Å². The summed E-state index contributed by atoms with van der Waals surface area (Å²) in [6.07, 6.45) is 3.28. The molecule has 2 aliphatic rings. The van der Waals surface area contributed by atoms with Gasteiger partial charge in [-0.3, -0.25) is 0 Å². The molecule has 0 saturated carbocycles. The van der Waals surface area contributed by atoms with Crippen LogP contribution in [0.4, 0.5) is 0 Å². The molecule has 2 aliphatic heterocycles. The van der Waals surface area contributed by atoms with E-state index in [4.69, 9.17) is 32.7 Å². The first-order valence-electron chi connectivity index (χ1n) is 5.65. The standard InChI is InChI=1S/C11H17Cl2NO2/c12-6-9(13)7-15-10-5-11(16-8-10)1-3-14-4-2-11/h6,10,14H,1-5,7-8H2/b9-6+. The van der Waals surface area contributed by atoms with Gasteiger partial charge in [-0.15, -0.1) is 0 Å². The Bertz CT molecular complexity index is 265. The fourth-order valence-electron chi connectivity index (χ4n) is 2.37. The number of nitrogens with one attached hydrogen (secondary N) is 1. The average molecular weight is 266 g/mol. The second-order valence-corrected chi connectivity index (χ2v) is 5.14. The third-order valence-corrected chi connectivity index (χ3v) is 3.86. The molecule has 0 aromatic heterocycles. The van der Waals surface area contributed by atoms with Crippen molar-refractivity contribution >= 4 is 23.2 Å². The lowest BCUT2D eigenvalue weighted by molar-refractivity contribution is -0.0225. The summed E-state index contributed by atoms with van der Waals surface area (Å²) in [7, 11) is 0. The van der Waals surface area contributed by atoms with Crippen LogP contribution in [-0.2, 0) is 9.47 Å². The Hall–Kier alpha value is 0.200. The van der Waals surface area contributed by atoms with Gasteiger partial charge in [0, 0.05) is 12.0 Å². The van der Waals surface area contributed by atoms with Crippen LogP contribution in [-0.4, -0.2) is 38.0 Å². The summed E-state index contributed by atoms with van der Waals surface area (Å²) in [5, 5.41) is 3.88. The Labute approximate surface area is 106 Å². The zero-order valence-corrected chi connectivity index (χ0v) is 10.7. The maximum absolute atomic E-state index is 5.90. The SMILES string of the molecule is Cl/C=C(/Cl)COC1COC2(CCNCC2)C1. The summed E-state index contributed by atoms with van der Waals surface area (Å²) in [6.45, 7) is 3.13. The van der Waals surface area contributed by atoms with Crippen LogP contribution in [0.3, 0.4) is 0 Å². The van der Waals surface area contributed by atoms with Gasteiger partial charge in [0.1, 0.15) is 0 Å². The van der Waals surface area contributed by atoms with Crippen molar-refractivity contribution in [3.8, 4) is 0 Å². The largest absolute Gasteiger partial charge is 0.372 e. The molecule has 0 bridgehead atoms. The molecule has 0 radical (unpaired) electrons. The minimum atomic E-state index is 0.0487. The lowest BCUT2D eigenvalue weighted by atomic mass is 9.89. The average Bonchev–Trinajstić information content (AvgIpc) is 2.70. The predicted octanol–water partition coefficient (Wildman–Crippen LogP) is 2.23. The number of halogens is 2. The predicted molar refractivity (Wildman–Crippen MR) is 64.9 cm³/mol. The van der Waals surface area contributed by atoms with Crippen molar-refractivity contribution in [3.63, 3.8) is 0 Å². The first-order valence-corrected chi connectivity index (χ1v) is 6.47. The molecule has 0 aromatic rings. The van der Waals surface area contributed by atoms with Crippen molar-refractivity contribution in [2.75, 3.05) is 26.3 Å². The van der Waals surface area contributed by atoms with Gasteiger partial charge in [0.15, 0.2) is 0 Å². The summed E-state index contributed by atoms with van der Waals surface area (Å²) >= 11 is 11.2. The quantitative estimate of drug-likeness (QED) is 0.849. The molecule has 2 fully saturated rings. The first-order chi connectivity index (χ1) is 7.74. The molecule has 5 heteroatoms. The summed E-state index contributed by atoms with van der Waals surface area (Å²) in [4.78, 5) is 0. The smallest absolute Gasteiger partial charge is 0.0841 e. The van der Waals surface area contributed by atoms with E-state index in [1.165, 1.54) is 5.54 Å². The summed E-state index contributed by atoms with van der Waals surface area (Å²) in [5.41, 5.74) is 1.39. The molecule has 1 N–H and O–H groups in total. The van der Waals surface area contributed by atoms with Crippen molar-refractivity contribution in [3.05, 3.63) is 10.6 Å². The normalized spacial score (nSPS) is 29.9. The summed E-state index contributed by atoms with van der Waals surface area (Å²) in [5.74, 6) is 0. The van der Waals surface area contributed by atoms with Crippen LogP contribution < -0.4 is 5.32 Å². The van der Waals surface area contributed by atoms with E-state index >= 15 is 0 Å². The van der Waals surface area contributed by atoms with Gasteiger partial charge < -0.3 is 14.8 Å². The molecule has 1 unspecified atom stereocenters. The Morgan fingerprint density at radius 1 is 1.50 bits per heavy atom. The van der Waals surface area contributed by atoms with Crippen LogP contribution >= 0.6 is 23.2 Å². The molecule has 3 nitrogen and oxygen atoms in total. The fraction of sp³-hybridized carbons (Fsp3) is 0.818. The molecule has 0 aromatic carbocycles. The number of hydrogen-bond donors (Lipinski definition) is 1. The molecule has 92 valence electrons. The molecular weight excluding hydrogens is 249 g/mol. The van der Waals surface area contributed by atoms with Crippen LogP contribution in [0, 0.1) is 0 Å². The minimum Gasteiger partial charge on any atom is -0.372 e. The van der Waals surface area contributed by atoms with E-state index in [1.807, 2.05) is 0 Å². The van der Waals surface area contributed by atoms with Crippen molar-refractivity contribution in [1.29, 1.82) is 0 Å². The summed E-state index contributed by atoms with van der Waals surface area (Å²) in [6, 6.07) is 0. The van der Waals surface area contributed by atoms with E-state index in [1.54, 1.807) is 0 Å². The first kappa shape index (κ1) is 12.7. The van der Waals surface area contributed by atoms with Crippen molar-refractivity contribution < 1.29 is 9.47 Å². The van der Waals surface area contributed by atoms with Crippen molar-refractivity contribution in [1.82, 2.24) is 5.32 Å². The van der Waals surface area contributed by atoms with E-state index in [-0.39, 0.29) is 11.7 Å². The molecule has 2 rings (SSSR count). The molecule has 1 atom stereocenters. The highest BCUT2D eigenvalue weighted by molar-refractivity contribution is 6.36. The lowest BCUT2D eigenvalue weighted by Gasteiger charge is -2.32. The van der Waals surface area contributed by atoms with Gasteiger partial charge in [0.2, 0.25) is 0 Å². The Kier molecular flexibility index (Phi) is 4.50. The van der Waals surface area contributed by atoms with Crippen LogP contribution in [0.1, 0.15) is 19.3 Å². The number of rotatable bonds is 3. The van der Waals surface area contributed by atoms with Gasteiger partial charge in [-0.1, -0.05) is 23.2 Å². The van der Waals surface area contributed by atoms with Gasteiger partial charge in [-0.2, -0.15) is 0 Å². The highest BCUT2D eigenvalue weighted by Crippen LogP contribution is 2.35. The van der Waals surface area contributed by atoms with Gasteiger partial charge in [-0.05, 0) is 25.9 Å². The Morgan fingerprint density at radius 2 is 2.25 bits per heavy atom. The fourth-order valence-corrected chi connectivity index (χ4v) is 2.50. The Balaban J connectivity index is 1.78. The Morgan fingerprint density at radius 3 is 2.94 bits per heavy atom. The van der Waals surface area contributed by atoms with Gasteiger partial charge in [-0.25, -0.2) is 0 Å². The topological polar surface area (TPSA) is 30.5 Å². The minimum absolute atomic E-state index is 0.0487. The lowest BCUT2D eigenvalue weighted by Crippen LogP contribution is -2.41. The third-order valence-electron chi connectivity index (χ3n) is 3.27. The molecule has 2 saturated heterocycles. The second kappa shape index (κ2) is 5.69. The highest BCUT2D eigenvalue weighted by Gasteiger charge is 2.41. The van der Waals surface area contributed by atoms with E-state index in [2.05, 4.69) is 5.32 Å². The zero-order chi connectivity index (χ0) is 11.4. The number of piperidine rings is 1. The third kappa shape index (κ3) is 3.11. The molecule has 2 heterocycles. The monoisotopic (exact) mass is 265 g/mol. The molecular formula is C11H17Cl2NO2. The van der Waals surface area contributed by atoms with Crippen molar-refractivity contribution in [2.24, 2.45) is 0 Å². The van der Waals surface area contributed by atoms with Gasteiger partial charge in [0.25, 0.3) is 0 Å². The van der Waals surface area contributed by atoms with Gasteiger partial charge >= 0.3 is 0 Å². The molecule has 1 spiro atoms. The van der Waals surface area contributed by atoms with E-state index in [0.717, 1.165) is 32.4 Å². The van der Waals surface area contributed by atoms with Crippen LogP contribution in [0.2, 0.25) is 0 Å². The molecule has 16 heavy (non-hydrogen) atoms. The summed E-state index contributed by atoms with van der Waals surface area (Å²) < 4.78 is 11.6. The van der Waals surface area contributed by atoms with Crippen molar-refractivity contribution in [2.45, 2.75) is 31.0 Å². The maximum atomic E-state index is 5.90. The molecule has 0 aliphatic carbocycles. The van der Waals surface area contributed by atoms with Crippen LogP contribution in [0.5, 0.6) is 0 Å². The molecule has 0 amide bonds. The van der Waals surface area contributed by atoms with E-state index in [9.17, 15) is 0 Å². The zero-order valence-electron chi connectivity index (χ0n) is 9.18. The highest BCUT2D eigenvalue weighted by atomic mass is 35.5. The van der Waals surface area contributed by atoms with Gasteiger partial charge in [0.05, 0.1) is 30.0 Å².